The minimum atomic E-state index is -0.179. The summed E-state index contributed by atoms with van der Waals surface area (Å²) in [6.07, 6.45) is 0. The van der Waals surface area contributed by atoms with Crippen LogP contribution in [-0.2, 0) is 0 Å². The minimum absolute atomic E-state index is 0.179. The first-order chi connectivity index (χ1) is 7.29. The number of thioether (sulfide) groups is 1. The van der Waals surface area contributed by atoms with E-state index < -0.39 is 0 Å². The molecule has 2 aromatic rings. The van der Waals surface area contributed by atoms with Gasteiger partial charge in [-0.25, -0.2) is 0 Å². The van der Waals surface area contributed by atoms with Crippen molar-refractivity contribution in [3.8, 4) is 16.8 Å². The molecular weight excluding hydrogens is 230 g/mol. The Morgan fingerprint density at radius 3 is 3.13 bits per heavy atom. The van der Waals surface area contributed by atoms with Crippen LogP contribution in [0.1, 0.15) is 6.92 Å². The summed E-state index contributed by atoms with van der Waals surface area (Å²) in [6, 6.07) is 5.94. The van der Waals surface area contributed by atoms with Crippen LogP contribution in [0.15, 0.2) is 27.2 Å². The molecule has 0 spiro atoms. The number of hydrogen-bond acceptors (Lipinski definition) is 6. The topological polar surface area (TPSA) is 62.7 Å². The summed E-state index contributed by atoms with van der Waals surface area (Å²) in [5, 5.41) is 18.6. The number of thiophene rings is 1. The molecule has 2 aromatic heterocycles. The van der Waals surface area contributed by atoms with Crippen LogP contribution in [0.25, 0.3) is 10.8 Å². The Labute approximate surface area is 94.9 Å². The van der Waals surface area contributed by atoms with Crippen molar-refractivity contribution in [3.05, 3.63) is 17.5 Å². The second-order valence-electron chi connectivity index (χ2n) is 2.74. The van der Waals surface area contributed by atoms with Crippen LogP contribution in [0.4, 0.5) is 0 Å². The van der Waals surface area contributed by atoms with Crippen LogP contribution in [0.5, 0.6) is 0 Å². The monoisotopic (exact) mass is 237 g/mol. The molecule has 0 saturated carbocycles. The van der Waals surface area contributed by atoms with Gasteiger partial charge in [0.15, 0.2) is 0 Å². The fourth-order valence-corrected chi connectivity index (χ4v) is 2.15. The van der Waals surface area contributed by atoms with Crippen LogP contribution in [0, 0.1) is 11.3 Å². The fraction of sp³-hybridized carbons (Fsp3) is 0.222. The number of rotatable bonds is 3. The lowest BCUT2D eigenvalue weighted by molar-refractivity contribution is 0.466. The van der Waals surface area contributed by atoms with Crippen LogP contribution < -0.4 is 0 Å². The molecule has 15 heavy (non-hydrogen) atoms. The van der Waals surface area contributed by atoms with E-state index >= 15 is 0 Å². The van der Waals surface area contributed by atoms with Crippen molar-refractivity contribution in [2.45, 2.75) is 17.4 Å². The summed E-state index contributed by atoms with van der Waals surface area (Å²) in [7, 11) is 0. The Bertz CT molecular complexity index is 472. The molecule has 0 aliphatic carbocycles. The van der Waals surface area contributed by atoms with E-state index in [9.17, 15) is 0 Å². The fourth-order valence-electron chi connectivity index (χ4n) is 0.935. The summed E-state index contributed by atoms with van der Waals surface area (Å²) < 4.78 is 5.40. The standard InChI is InChI=1S/C9H7N3OS2/c1-6(5-10)15-9-12-11-8(13-9)7-3-2-4-14-7/h2-4,6H,1H3/t6-/m0/s1. The lowest BCUT2D eigenvalue weighted by Gasteiger charge is -1.93. The number of hydrogen-bond donors (Lipinski definition) is 0. The van der Waals surface area contributed by atoms with Gasteiger partial charge in [-0.05, 0) is 30.1 Å². The van der Waals surface area contributed by atoms with E-state index in [1.165, 1.54) is 11.8 Å². The van der Waals surface area contributed by atoms with Gasteiger partial charge in [-0.1, -0.05) is 6.07 Å². The van der Waals surface area contributed by atoms with Gasteiger partial charge in [0.05, 0.1) is 16.2 Å². The Kier molecular flexibility index (Phi) is 3.04. The van der Waals surface area contributed by atoms with Gasteiger partial charge in [0.2, 0.25) is 0 Å². The molecule has 0 aliphatic rings. The summed E-state index contributed by atoms with van der Waals surface area (Å²) in [4.78, 5) is 0.943. The number of nitrogens with zero attached hydrogens (tertiary/aromatic N) is 3. The zero-order valence-corrected chi connectivity index (χ0v) is 9.51. The van der Waals surface area contributed by atoms with E-state index in [0.29, 0.717) is 11.1 Å². The Balaban J connectivity index is 2.15. The number of aromatic nitrogens is 2. The summed E-state index contributed by atoms with van der Waals surface area (Å²) >= 11 is 2.81. The van der Waals surface area contributed by atoms with E-state index in [2.05, 4.69) is 16.3 Å². The highest BCUT2D eigenvalue weighted by Crippen LogP contribution is 2.27. The smallest absolute Gasteiger partial charge is 0.278 e. The largest absolute Gasteiger partial charge is 0.410 e. The molecule has 0 aliphatic heterocycles. The van der Waals surface area contributed by atoms with Crippen molar-refractivity contribution in [1.29, 1.82) is 5.26 Å². The predicted octanol–water partition coefficient (Wildman–Crippen LogP) is 2.80. The van der Waals surface area contributed by atoms with Gasteiger partial charge in [0.25, 0.3) is 11.1 Å². The van der Waals surface area contributed by atoms with Crippen molar-refractivity contribution in [3.63, 3.8) is 0 Å². The van der Waals surface area contributed by atoms with Gasteiger partial charge in [-0.3, -0.25) is 0 Å². The average Bonchev–Trinajstić information content (AvgIpc) is 2.85. The molecule has 2 rings (SSSR count). The normalized spacial score (nSPS) is 12.3. The highest BCUT2D eigenvalue weighted by Gasteiger charge is 2.12. The summed E-state index contributed by atoms with van der Waals surface area (Å²) in [6.45, 7) is 1.79. The second-order valence-corrected chi connectivity index (χ2v) is 4.98. The molecule has 4 nitrogen and oxygen atoms in total. The maximum atomic E-state index is 8.63. The van der Waals surface area contributed by atoms with Crippen molar-refractivity contribution in [2.75, 3.05) is 0 Å². The molecule has 0 aromatic carbocycles. The summed E-state index contributed by atoms with van der Waals surface area (Å²) in [5.41, 5.74) is 0. The van der Waals surface area contributed by atoms with Gasteiger partial charge in [-0.2, -0.15) is 5.26 Å². The van der Waals surface area contributed by atoms with Gasteiger partial charge in [-0.15, -0.1) is 21.5 Å². The quantitative estimate of drug-likeness (QED) is 0.768. The lowest BCUT2D eigenvalue weighted by Crippen LogP contribution is -1.88. The molecule has 0 fully saturated rings. The maximum absolute atomic E-state index is 8.63. The molecule has 0 saturated heterocycles. The lowest BCUT2D eigenvalue weighted by atomic mass is 10.5. The molecule has 6 heteroatoms. The minimum Gasteiger partial charge on any atom is -0.410 e. The van der Waals surface area contributed by atoms with Crippen LogP contribution in [-0.4, -0.2) is 15.4 Å². The highest BCUT2D eigenvalue weighted by atomic mass is 32.2. The molecule has 0 unspecified atom stereocenters. The molecule has 76 valence electrons. The molecule has 0 N–H and O–H groups in total. The van der Waals surface area contributed by atoms with Crippen molar-refractivity contribution < 1.29 is 4.42 Å². The zero-order chi connectivity index (χ0) is 10.7. The molecule has 1 atom stereocenters. The molecule has 0 radical (unpaired) electrons. The van der Waals surface area contributed by atoms with Crippen LogP contribution >= 0.6 is 23.1 Å². The molecule has 2 heterocycles. The third-order valence-corrected chi connectivity index (χ3v) is 3.28. The predicted molar refractivity (Wildman–Crippen MR) is 58.5 cm³/mol. The van der Waals surface area contributed by atoms with Gasteiger partial charge in [0.1, 0.15) is 0 Å². The SMILES string of the molecule is C[C@@H](C#N)Sc1nnc(-c2cccs2)o1. The molecule has 0 amide bonds. The average molecular weight is 237 g/mol. The highest BCUT2D eigenvalue weighted by molar-refractivity contribution is 7.99. The number of nitriles is 1. The first-order valence-electron chi connectivity index (χ1n) is 4.23. The third-order valence-electron chi connectivity index (χ3n) is 1.60. The van der Waals surface area contributed by atoms with Crippen molar-refractivity contribution >= 4 is 23.1 Å². The second kappa shape index (κ2) is 4.47. The van der Waals surface area contributed by atoms with E-state index in [1.807, 2.05) is 17.5 Å². The van der Waals surface area contributed by atoms with E-state index in [0.717, 1.165) is 4.88 Å². The molecule has 0 bridgehead atoms. The molecular formula is C9H7N3OS2. The van der Waals surface area contributed by atoms with Crippen LogP contribution in [0.3, 0.4) is 0 Å². The van der Waals surface area contributed by atoms with E-state index in [1.54, 1.807) is 18.3 Å². The Hall–Kier alpha value is -1.32. The van der Waals surface area contributed by atoms with Gasteiger partial charge in [0, 0.05) is 0 Å². The van der Waals surface area contributed by atoms with Crippen molar-refractivity contribution in [2.24, 2.45) is 0 Å². The van der Waals surface area contributed by atoms with Crippen LogP contribution in [0.2, 0.25) is 0 Å². The zero-order valence-electron chi connectivity index (χ0n) is 7.88. The first kappa shape index (κ1) is 10.2. The van der Waals surface area contributed by atoms with E-state index in [4.69, 9.17) is 9.68 Å². The van der Waals surface area contributed by atoms with Crippen molar-refractivity contribution in [1.82, 2.24) is 10.2 Å². The third kappa shape index (κ3) is 2.37. The van der Waals surface area contributed by atoms with Gasteiger partial charge >= 0.3 is 0 Å². The van der Waals surface area contributed by atoms with Gasteiger partial charge < -0.3 is 4.42 Å². The summed E-state index contributed by atoms with van der Waals surface area (Å²) in [5.74, 6) is 0.512. The Morgan fingerprint density at radius 2 is 2.47 bits per heavy atom. The maximum Gasteiger partial charge on any atom is 0.278 e. The first-order valence-corrected chi connectivity index (χ1v) is 5.99. The Morgan fingerprint density at radius 1 is 1.60 bits per heavy atom. The van der Waals surface area contributed by atoms with E-state index in [-0.39, 0.29) is 5.25 Å².